The molecule has 0 atom stereocenters. The first-order valence-corrected chi connectivity index (χ1v) is 11.9. The zero-order valence-electron chi connectivity index (χ0n) is 20.7. The van der Waals surface area contributed by atoms with Crippen LogP contribution in [0.4, 0.5) is 5.69 Å². The number of hydrogen-bond acceptors (Lipinski definition) is 5. The van der Waals surface area contributed by atoms with Crippen molar-refractivity contribution in [3.05, 3.63) is 107 Å². The van der Waals surface area contributed by atoms with Crippen molar-refractivity contribution in [1.82, 2.24) is 9.78 Å². The van der Waals surface area contributed by atoms with Crippen LogP contribution in [0.15, 0.2) is 79.1 Å². The van der Waals surface area contributed by atoms with E-state index in [1.807, 2.05) is 51.1 Å². The molecule has 1 amide bonds. The highest BCUT2D eigenvalue weighted by Gasteiger charge is 2.18. The summed E-state index contributed by atoms with van der Waals surface area (Å²) in [5, 5.41) is 7.23. The zero-order chi connectivity index (χ0) is 25.5. The van der Waals surface area contributed by atoms with E-state index in [4.69, 9.17) is 9.47 Å². The molecule has 0 fully saturated rings. The molecule has 0 aliphatic heterocycles. The number of carbonyl (C=O) groups is 2. The van der Waals surface area contributed by atoms with Crippen LogP contribution in [0.3, 0.4) is 0 Å². The molecule has 1 aromatic heterocycles. The third kappa shape index (κ3) is 5.81. The van der Waals surface area contributed by atoms with Gasteiger partial charge >= 0.3 is 0 Å². The molecular weight excluding hydrogens is 454 g/mol. The molecule has 4 aromatic rings. The van der Waals surface area contributed by atoms with Crippen LogP contribution in [0.1, 0.15) is 51.3 Å². The summed E-state index contributed by atoms with van der Waals surface area (Å²) >= 11 is 0. The van der Waals surface area contributed by atoms with E-state index in [1.165, 1.54) is 0 Å². The van der Waals surface area contributed by atoms with Crippen LogP contribution >= 0.6 is 0 Å². The Labute approximate surface area is 210 Å². The van der Waals surface area contributed by atoms with Gasteiger partial charge in [-0.2, -0.15) is 5.10 Å². The maximum absolute atomic E-state index is 13.1. The number of anilines is 1. The predicted molar refractivity (Wildman–Crippen MR) is 139 cm³/mol. The minimum atomic E-state index is -0.370. The van der Waals surface area contributed by atoms with Gasteiger partial charge in [-0.25, -0.2) is 0 Å². The molecule has 0 radical (unpaired) electrons. The van der Waals surface area contributed by atoms with Gasteiger partial charge in [0, 0.05) is 17.3 Å². The number of aryl methyl sites for hydroxylation is 1. The molecule has 0 saturated heterocycles. The largest absolute Gasteiger partial charge is 0.490 e. The van der Waals surface area contributed by atoms with Crippen LogP contribution in [-0.2, 0) is 6.54 Å². The van der Waals surface area contributed by atoms with Gasteiger partial charge in [-0.05, 0) is 44.5 Å². The van der Waals surface area contributed by atoms with Crippen LogP contribution < -0.4 is 14.8 Å². The number of carbonyl (C=O) groups excluding carboxylic acids is 2. The number of nitrogens with zero attached hydrogens (tertiary/aromatic N) is 2. The van der Waals surface area contributed by atoms with Gasteiger partial charge < -0.3 is 14.8 Å². The van der Waals surface area contributed by atoms with Crippen molar-refractivity contribution in [1.29, 1.82) is 0 Å². The van der Waals surface area contributed by atoms with E-state index in [0.29, 0.717) is 53.6 Å². The molecule has 0 aliphatic carbocycles. The average Bonchev–Trinajstić information content (AvgIpc) is 3.32. The third-order valence-corrected chi connectivity index (χ3v) is 5.57. The zero-order valence-corrected chi connectivity index (χ0v) is 20.7. The molecule has 4 rings (SSSR count). The number of nitrogens with one attached hydrogen (secondary N) is 1. The second-order valence-corrected chi connectivity index (χ2v) is 8.27. The van der Waals surface area contributed by atoms with Crippen molar-refractivity contribution < 1.29 is 19.1 Å². The van der Waals surface area contributed by atoms with E-state index >= 15 is 0 Å². The fourth-order valence-corrected chi connectivity index (χ4v) is 3.83. The van der Waals surface area contributed by atoms with Crippen molar-refractivity contribution in [2.75, 3.05) is 18.5 Å². The second-order valence-electron chi connectivity index (χ2n) is 8.27. The number of rotatable bonds is 10. The molecule has 7 heteroatoms. The maximum atomic E-state index is 13.1. The molecule has 0 saturated carbocycles. The van der Waals surface area contributed by atoms with E-state index in [2.05, 4.69) is 10.4 Å². The van der Waals surface area contributed by atoms with Gasteiger partial charge in [-0.3, -0.25) is 14.3 Å². The summed E-state index contributed by atoms with van der Waals surface area (Å²) in [6, 6.07) is 19.9. The molecule has 7 nitrogen and oxygen atoms in total. The lowest BCUT2D eigenvalue weighted by Gasteiger charge is -2.12. The van der Waals surface area contributed by atoms with E-state index < -0.39 is 0 Å². The van der Waals surface area contributed by atoms with Gasteiger partial charge in [0.15, 0.2) is 17.3 Å². The van der Waals surface area contributed by atoms with Gasteiger partial charge in [0.25, 0.3) is 5.91 Å². The molecule has 36 heavy (non-hydrogen) atoms. The normalized spacial score (nSPS) is 10.6. The molecule has 0 bridgehead atoms. The fraction of sp³-hybridized carbons (Fsp3) is 0.207. The first kappa shape index (κ1) is 24.7. The first-order valence-electron chi connectivity index (χ1n) is 11.9. The highest BCUT2D eigenvalue weighted by molar-refractivity contribution is 6.17. The summed E-state index contributed by atoms with van der Waals surface area (Å²) < 4.78 is 13.1. The Hall–Kier alpha value is -4.39. The van der Waals surface area contributed by atoms with E-state index in [-0.39, 0.29) is 11.7 Å². The Morgan fingerprint density at radius 1 is 0.889 bits per heavy atom. The third-order valence-electron chi connectivity index (χ3n) is 5.57. The fourth-order valence-electron chi connectivity index (χ4n) is 3.83. The smallest absolute Gasteiger partial charge is 0.256 e. The Bertz CT molecular complexity index is 1360. The van der Waals surface area contributed by atoms with E-state index in [9.17, 15) is 9.59 Å². The SMILES string of the molecule is CCOc1ccc(Cn2cc(NC(=O)c3ccccc3C(=O)c3ccc(C)cc3)cn2)cc1OCC. The number of ketones is 1. The molecule has 184 valence electrons. The van der Waals surface area contributed by atoms with Crippen LogP contribution in [0.25, 0.3) is 0 Å². The number of aromatic nitrogens is 2. The summed E-state index contributed by atoms with van der Waals surface area (Å²) in [5.74, 6) is 0.824. The van der Waals surface area contributed by atoms with Gasteiger partial charge in [-0.1, -0.05) is 54.1 Å². The minimum absolute atomic E-state index is 0.197. The van der Waals surface area contributed by atoms with Crippen molar-refractivity contribution in [2.24, 2.45) is 0 Å². The highest BCUT2D eigenvalue weighted by atomic mass is 16.5. The highest BCUT2D eigenvalue weighted by Crippen LogP contribution is 2.29. The second kappa shape index (κ2) is 11.4. The average molecular weight is 484 g/mol. The van der Waals surface area contributed by atoms with Gasteiger partial charge in [-0.15, -0.1) is 0 Å². The number of amides is 1. The molecule has 0 unspecified atom stereocenters. The molecule has 1 heterocycles. The van der Waals surface area contributed by atoms with Gasteiger partial charge in [0.05, 0.1) is 37.2 Å². The molecule has 0 spiro atoms. The lowest BCUT2D eigenvalue weighted by atomic mass is 9.97. The number of hydrogen-bond donors (Lipinski definition) is 1. The van der Waals surface area contributed by atoms with Gasteiger partial charge in [0.2, 0.25) is 0 Å². The predicted octanol–water partition coefficient (Wildman–Crippen LogP) is 5.52. The van der Waals surface area contributed by atoms with E-state index in [0.717, 1.165) is 11.1 Å². The van der Waals surface area contributed by atoms with Crippen LogP contribution in [0.5, 0.6) is 11.5 Å². The maximum Gasteiger partial charge on any atom is 0.256 e. The molecule has 1 N–H and O–H groups in total. The lowest BCUT2D eigenvalue weighted by Crippen LogP contribution is -2.16. The summed E-state index contributed by atoms with van der Waals surface area (Å²) in [7, 11) is 0. The standard InChI is InChI=1S/C29H29N3O4/c1-4-35-26-15-12-21(16-27(26)36-5-2)18-32-19-23(17-30-32)31-29(34)25-9-7-6-8-24(25)28(33)22-13-10-20(3)11-14-22/h6-17,19H,4-5,18H2,1-3H3,(H,31,34). The Morgan fingerprint density at radius 3 is 2.31 bits per heavy atom. The van der Waals surface area contributed by atoms with Crippen molar-refractivity contribution in [2.45, 2.75) is 27.3 Å². The molecule has 3 aromatic carbocycles. The molecule has 0 aliphatic rings. The van der Waals surface area contributed by atoms with Crippen molar-refractivity contribution in [3.63, 3.8) is 0 Å². The molecular formula is C29H29N3O4. The minimum Gasteiger partial charge on any atom is -0.490 e. The summed E-state index contributed by atoms with van der Waals surface area (Å²) in [5.41, 5.74) is 3.78. The monoisotopic (exact) mass is 483 g/mol. The summed E-state index contributed by atoms with van der Waals surface area (Å²) in [6.07, 6.45) is 3.33. The van der Waals surface area contributed by atoms with Crippen molar-refractivity contribution in [3.8, 4) is 11.5 Å². The number of ether oxygens (including phenoxy) is 2. The summed E-state index contributed by atoms with van der Waals surface area (Å²) in [6.45, 7) is 7.41. The quantitative estimate of drug-likeness (QED) is 0.300. The van der Waals surface area contributed by atoms with Crippen LogP contribution in [0.2, 0.25) is 0 Å². The first-order chi connectivity index (χ1) is 17.5. The van der Waals surface area contributed by atoms with Crippen molar-refractivity contribution >= 4 is 17.4 Å². The van der Waals surface area contributed by atoms with Gasteiger partial charge in [0.1, 0.15) is 0 Å². The van der Waals surface area contributed by atoms with Crippen LogP contribution in [-0.4, -0.2) is 34.7 Å². The Balaban J connectivity index is 1.48. The van der Waals surface area contributed by atoms with Crippen LogP contribution in [0, 0.1) is 6.92 Å². The topological polar surface area (TPSA) is 82.5 Å². The Kier molecular flexibility index (Phi) is 7.80. The number of benzene rings is 3. The van der Waals surface area contributed by atoms with E-state index in [1.54, 1.807) is 53.5 Å². The Morgan fingerprint density at radius 2 is 1.58 bits per heavy atom. The summed E-state index contributed by atoms with van der Waals surface area (Å²) in [4.78, 5) is 26.1. The lowest BCUT2D eigenvalue weighted by molar-refractivity contribution is 0.0996.